The van der Waals surface area contributed by atoms with Gasteiger partial charge in [0.2, 0.25) is 0 Å². The third-order valence-corrected chi connectivity index (χ3v) is 6.11. The van der Waals surface area contributed by atoms with Crippen molar-refractivity contribution in [1.29, 1.82) is 0 Å². The molecule has 0 spiro atoms. The topological polar surface area (TPSA) is 62.7 Å². The van der Waals surface area contributed by atoms with Gasteiger partial charge in [0.15, 0.2) is 5.96 Å². The molecule has 0 fully saturated rings. The third kappa shape index (κ3) is 6.40. The Hall–Kier alpha value is -0.830. The fourth-order valence-electron chi connectivity index (χ4n) is 2.86. The largest absolute Gasteiger partial charge is 0.487 e. The van der Waals surface area contributed by atoms with Gasteiger partial charge in [-0.25, -0.2) is 0 Å². The minimum atomic E-state index is -0.876. The molecule has 7 heteroatoms. The Morgan fingerprint density at radius 3 is 2.62 bits per heavy atom. The van der Waals surface area contributed by atoms with Gasteiger partial charge in [-0.1, -0.05) is 18.2 Å². The summed E-state index contributed by atoms with van der Waals surface area (Å²) in [5, 5.41) is 6.77. The maximum atomic E-state index is 12.2. The second kappa shape index (κ2) is 9.39. The van der Waals surface area contributed by atoms with Crippen molar-refractivity contribution in [3.8, 4) is 5.75 Å². The molecule has 0 amide bonds. The van der Waals surface area contributed by atoms with E-state index in [1.807, 2.05) is 39.0 Å². The van der Waals surface area contributed by atoms with E-state index in [1.165, 1.54) is 0 Å². The molecule has 1 aliphatic heterocycles. The average Bonchev–Trinajstić information content (AvgIpc) is 2.51. The molecule has 0 aromatic heterocycles. The molecule has 5 nitrogen and oxygen atoms in total. The number of guanidine groups is 1. The molecule has 1 aromatic rings. The van der Waals surface area contributed by atoms with Gasteiger partial charge in [-0.05, 0) is 40.7 Å². The number of benzene rings is 1. The minimum absolute atomic E-state index is 0. The fraction of sp³-hybridized carbons (Fsp3) is 0.632. The van der Waals surface area contributed by atoms with Crippen LogP contribution in [0.25, 0.3) is 0 Å². The summed E-state index contributed by atoms with van der Waals surface area (Å²) in [7, 11) is 0.880. The zero-order valence-corrected chi connectivity index (χ0v) is 19.7. The summed E-state index contributed by atoms with van der Waals surface area (Å²) in [6.07, 6.45) is 0.846. The number of nitrogens with one attached hydrogen (secondary N) is 2. The van der Waals surface area contributed by atoms with Crippen LogP contribution in [0.15, 0.2) is 29.3 Å². The number of para-hydroxylation sites is 1. The number of halogens is 1. The lowest BCUT2D eigenvalue weighted by Gasteiger charge is -2.38. The van der Waals surface area contributed by atoms with Gasteiger partial charge in [0.25, 0.3) is 0 Å². The number of aliphatic imine (C=N–C) groups is 1. The van der Waals surface area contributed by atoms with Crippen molar-refractivity contribution < 1.29 is 8.95 Å². The van der Waals surface area contributed by atoms with Crippen LogP contribution in [0.5, 0.6) is 5.75 Å². The van der Waals surface area contributed by atoms with E-state index >= 15 is 0 Å². The van der Waals surface area contributed by atoms with Crippen LogP contribution in [0.4, 0.5) is 0 Å². The molecule has 2 rings (SSSR count). The summed E-state index contributed by atoms with van der Waals surface area (Å²) in [6.45, 7) is 10.8. The highest BCUT2D eigenvalue weighted by Crippen LogP contribution is 2.39. The molecule has 0 saturated carbocycles. The van der Waals surface area contributed by atoms with E-state index in [-0.39, 0.29) is 40.4 Å². The van der Waals surface area contributed by atoms with Crippen LogP contribution < -0.4 is 15.4 Å². The number of fused-ring (bicyclic) bond motifs is 1. The lowest BCUT2D eigenvalue weighted by molar-refractivity contribution is 0.0694. The van der Waals surface area contributed by atoms with Crippen LogP contribution in [0.3, 0.4) is 0 Å². The average molecular weight is 493 g/mol. The second-order valence-electron chi connectivity index (χ2n) is 7.96. The molecule has 0 bridgehead atoms. The van der Waals surface area contributed by atoms with Gasteiger partial charge in [0.1, 0.15) is 11.4 Å². The van der Waals surface area contributed by atoms with E-state index in [0.29, 0.717) is 12.3 Å². The first-order valence-corrected chi connectivity index (χ1v) is 10.1. The molecule has 2 N–H and O–H groups in total. The summed E-state index contributed by atoms with van der Waals surface area (Å²) in [5.74, 6) is 2.24. The first kappa shape index (κ1) is 23.2. The van der Waals surface area contributed by atoms with Crippen molar-refractivity contribution in [3.05, 3.63) is 29.8 Å². The van der Waals surface area contributed by atoms with Crippen molar-refractivity contribution >= 4 is 40.7 Å². The van der Waals surface area contributed by atoms with Crippen molar-refractivity contribution in [2.75, 3.05) is 19.3 Å². The highest BCUT2D eigenvalue weighted by Gasteiger charge is 2.34. The second-order valence-corrected chi connectivity index (χ2v) is 10.3. The summed E-state index contributed by atoms with van der Waals surface area (Å²) in [4.78, 5) is 4.32. The maximum absolute atomic E-state index is 12.2. The van der Waals surface area contributed by atoms with Crippen molar-refractivity contribution in [1.82, 2.24) is 10.6 Å². The van der Waals surface area contributed by atoms with Crippen LogP contribution in [0.2, 0.25) is 0 Å². The van der Waals surface area contributed by atoms with E-state index in [0.717, 1.165) is 23.7 Å². The maximum Gasteiger partial charge on any atom is 0.191 e. The van der Waals surface area contributed by atoms with Crippen LogP contribution in [0, 0.1) is 0 Å². The molecule has 0 aliphatic carbocycles. The van der Waals surface area contributed by atoms with Crippen LogP contribution in [-0.2, 0) is 10.8 Å². The molecule has 2 atom stereocenters. The van der Waals surface area contributed by atoms with E-state index in [4.69, 9.17) is 4.74 Å². The van der Waals surface area contributed by atoms with E-state index in [2.05, 4.69) is 35.5 Å². The standard InChI is InChI=1S/C19H31N3O2S.HI/c1-18(2,3)25(23)12-11-21-17(20-6)22-15-13-19(4,5)24-16-10-8-7-9-14(15)16;/h7-10,15H,11-13H2,1-6H3,(H2,20,21,22);1H. The van der Waals surface area contributed by atoms with Crippen molar-refractivity contribution in [2.45, 2.75) is 57.4 Å². The quantitative estimate of drug-likeness (QED) is 0.382. The third-order valence-electron chi connectivity index (χ3n) is 4.17. The molecular formula is C19H32IN3O2S. The van der Waals surface area contributed by atoms with Gasteiger partial charge in [0, 0.05) is 46.9 Å². The monoisotopic (exact) mass is 493 g/mol. The van der Waals surface area contributed by atoms with Gasteiger partial charge in [-0.2, -0.15) is 0 Å². The molecule has 148 valence electrons. The molecular weight excluding hydrogens is 461 g/mol. The lowest BCUT2D eigenvalue weighted by Crippen LogP contribution is -2.46. The molecule has 0 saturated heterocycles. The Balaban J connectivity index is 0.00000338. The first-order valence-electron chi connectivity index (χ1n) is 8.76. The van der Waals surface area contributed by atoms with Gasteiger partial charge >= 0.3 is 0 Å². The zero-order chi connectivity index (χ0) is 18.7. The smallest absolute Gasteiger partial charge is 0.191 e. The van der Waals surface area contributed by atoms with E-state index < -0.39 is 10.8 Å². The first-order chi connectivity index (χ1) is 11.6. The molecule has 1 heterocycles. The number of hydrogen-bond acceptors (Lipinski definition) is 3. The fourth-order valence-corrected chi connectivity index (χ4v) is 3.76. The predicted octanol–water partition coefficient (Wildman–Crippen LogP) is 3.62. The Morgan fingerprint density at radius 1 is 1.35 bits per heavy atom. The molecule has 0 radical (unpaired) electrons. The molecule has 1 aliphatic rings. The number of nitrogens with zero attached hydrogens (tertiary/aromatic N) is 1. The normalized spacial score (nSPS) is 20.2. The van der Waals surface area contributed by atoms with Gasteiger partial charge in [0.05, 0.1) is 6.04 Å². The van der Waals surface area contributed by atoms with Gasteiger partial charge in [-0.3, -0.25) is 9.20 Å². The van der Waals surface area contributed by atoms with E-state index in [9.17, 15) is 4.21 Å². The van der Waals surface area contributed by atoms with Crippen LogP contribution >= 0.6 is 24.0 Å². The summed E-state index contributed by atoms with van der Waals surface area (Å²) in [6, 6.07) is 8.24. The van der Waals surface area contributed by atoms with Crippen molar-refractivity contribution in [3.63, 3.8) is 0 Å². The lowest BCUT2D eigenvalue weighted by atomic mass is 9.90. The Kier molecular flexibility index (Phi) is 8.38. The Bertz CT molecular complexity index is 656. The number of ether oxygens (including phenoxy) is 1. The number of rotatable bonds is 4. The minimum Gasteiger partial charge on any atom is -0.487 e. The summed E-state index contributed by atoms with van der Waals surface area (Å²) >= 11 is 0. The van der Waals surface area contributed by atoms with Crippen LogP contribution in [0.1, 0.15) is 52.6 Å². The molecule has 2 unspecified atom stereocenters. The van der Waals surface area contributed by atoms with E-state index in [1.54, 1.807) is 7.05 Å². The van der Waals surface area contributed by atoms with Gasteiger partial charge < -0.3 is 15.4 Å². The Morgan fingerprint density at radius 2 is 2.00 bits per heavy atom. The SMILES string of the molecule is CN=C(NCCS(=O)C(C)(C)C)NC1CC(C)(C)Oc2ccccc21.I. The molecule has 26 heavy (non-hydrogen) atoms. The van der Waals surface area contributed by atoms with Gasteiger partial charge in [-0.15, -0.1) is 24.0 Å². The number of hydrogen-bond donors (Lipinski definition) is 2. The predicted molar refractivity (Wildman–Crippen MR) is 121 cm³/mol. The van der Waals surface area contributed by atoms with Crippen molar-refractivity contribution in [2.24, 2.45) is 4.99 Å². The Labute approximate surface area is 177 Å². The highest BCUT2D eigenvalue weighted by atomic mass is 127. The zero-order valence-electron chi connectivity index (χ0n) is 16.6. The van der Waals surface area contributed by atoms with Crippen LogP contribution in [-0.4, -0.2) is 39.9 Å². The summed E-state index contributed by atoms with van der Waals surface area (Å²) < 4.78 is 18.0. The molecule has 1 aromatic carbocycles. The highest BCUT2D eigenvalue weighted by molar-refractivity contribution is 14.0. The summed E-state index contributed by atoms with van der Waals surface area (Å²) in [5.41, 5.74) is 0.904.